The highest BCUT2D eigenvalue weighted by atomic mass is 32.1. The van der Waals surface area contributed by atoms with Gasteiger partial charge in [-0.3, -0.25) is 47.9 Å². The van der Waals surface area contributed by atoms with Gasteiger partial charge in [-0.25, -0.2) is 4.98 Å². The first-order chi connectivity index (χ1) is 32.8. The zero-order valence-electron chi connectivity index (χ0n) is 39.1. The van der Waals surface area contributed by atoms with Crippen LogP contribution in [-0.2, 0) is 59.1 Å². The standard InChI is InChI=1S/C45H61N11O12S/c1-7-22(3)36-38(61)44(67)54-33(19-68-6)45-51-26(20-69-45)9-14-35(60)52-31(15-25-17-47-29-11-10-27(58)16-28(25)29)40(63)48-18-32(42(65)50-24(5)39(62)55-36)53-43(66)37(23(4)8-2)56-41(64)30(49-21-57)12-13-34(46)59/h9-11,14,16-17,20-24,30-33,36-37,47,58H,7-8,12-13,15,18-19H2,1-6H3,(H2,46,59)(H,48,63)(H,49,57)(H,50,65)(H,52,60)(H,53,66)(H,54,67)(H,55,62)(H,56,64)/b14-9+/t22-,23+,24+,30+,31+,32+,33+,36-,37+/m1/s1. The third-order valence-electron chi connectivity index (χ3n) is 11.6. The van der Waals surface area contributed by atoms with Crippen molar-refractivity contribution in [2.75, 3.05) is 20.3 Å². The minimum absolute atomic E-state index is 0.0557. The first-order valence-electron chi connectivity index (χ1n) is 22.3. The van der Waals surface area contributed by atoms with Gasteiger partial charge < -0.3 is 63.1 Å². The second-order valence-electron chi connectivity index (χ2n) is 16.7. The number of hydrogen-bond acceptors (Lipinski definition) is 14. The number of aromatic nitrogens is 2. The highest BCUT2D eigenvalue weighted by molar-refractivity contribution is 7.09. The number of phenolic OH excluding ortho intramolecular Hbond substituents is 1. The van der Waals surface area contributed by atoms with Crippen LogP contribution in [0.1, 0.15) is 82.6 Å². The fourth-order valence-corrected chi connectivity index (χ4v) is 7.99. The number of rotatable bonds is 17. The van der Waals surface area contributed by atoms with Gasteiger partial charge >= 0.3 is 0 Å². The van der Waals surface area contributed by atoms with Crippen LogP contribution in [0, 0.1) is 11.8 Å². The van der Waals surface area contributed by atoms with E-state index in [0.717, 1.165) is 17.4 Å². The Hall–Kier alpha value is -7.21. The van der Waals surface area contributed by atoms with Crippen molar-refractivity contribution in [3.05, 3.63) is 52.1 Å². The molecule has 2 aromatic heterocycles. The van der Waals surface area contributed by atoms with Crippen LogP contribution in [0.3, 0.4) is 0 Å². The van der Waals surface area contributed by atoms with Gasteiger partial charge in [-0.2, -0.15) is 0 Å². The zero-order valence-corrected chi connectivity index (χ0v) is 40.0. The lowest BCUT2D eigenvalue weighted by Crippen LogP contribution is -2.62. The number of hydrogen-bond donors (Lipinski definition) is 11. The number of nitrogens with zero attached hydrogens (tertiary/aromatic N) is 1. The molecule has 0 unspecified atom stereocenters. The van der Waals surface area contributed by atoms with E-state index in [4.69, 9.17) is 10.5 Å². The number of aromatic hydroxyl groups is 1. The molecule has 1 aromatic carbocycles. The number of amides is 9. The summed E-state index contributed by atoms with van der Waals surface area (Å²) in [7, 11) is 1.39. The van der Waals surface area contributed by atoms with Gasteiger partial charge in [0, 0.05) is 55.1 Å². The number of fused-ring (bicyclic) bond motifs is 3. The minimum Gasteiger partial charge on any atom is -0.508 e. The van der Waals surface area contributed by atoms with Gasteiger partial charge in [-0.15, -0.1) is 11.3 Å². The third kappa shape index (κ3) is 15.4. The number of primary amides is 1. The van der Waals surface area contributed by atoms with Crippen molar-refractivity contribution >= 4 is 87.8 Å². The predicted octanol–water partition coefficient (Wildman–Crippen LogP) is -0.995. The van der Waals surface area contributed by atoms with Crippen LogP contribution in [0.4, 0.5) is 0 Å². The van der Waals surface area contributed by atoms with Crippen LogP contribution in [0.25, 0.3) is 17.0 Å². The van der Waals surface area contributed by atoms with Crippen molar-refractivity contribution < 1.29 is 57.8 Å². The Morgan fingerprint density at radius 1 is 0.971 bits per heavy atom. The van der Waals surface area contributed by atoms with Crippen LogP contribution in [-0.4, -0.2) is 131 Å². The largest absolute Gasteiger partial charge is 0.508 e. The number of carbonyl (C=O) groups excluding carboxylic acids is 10. The Morgan fingerprint density at radius 2 is 1.71 bits per heavy atom. The SMILES string of the molecule is CC[C@@H](C)[C@H]1NC(=O)[C@H](C)NC(=O)[C@@H](NC(=O)[C@@H](NC(=O)[C@H](CCC(N)=O)NC=O)[C@@H](C)CC)CNC(=O)[C@H](Cc2c[nH]c3ccc(O)cc23)NC(=O)/C=C/c2csc(n2)[C@H](COC)NC(=O)C1=O. The lowest BCUT2D eigenvalue weighted by atomic mass is 9.94. The summed E-state index contributed by atoms with van der Waals surface area (Å²) >= 11 is 1.12. The number of methoxy groups -OCH3 is 1. The summed E-state index contributed by atoms with van der Waals surface area (Å²) in [4.78, 5) is 141. The highest BCUT2D eigenvalue weighted by Crippen LogP contribution is 2.25. The predicted molar refractivity (Wildman–Crippen MR) is 251 cm³/mol. The molecule has 24 heteroatoms. The van der Waals surface area contributed by atoms with Crippen LogP contribution >= 0.6 is 11.3 Å². The van der Waals surface area contributed by atoms with E-state index in [2.05, 4.69) is 52.5 Å². The number of H-pyrrole nitrogens is 1. The second kappa shape index (κ2) is 25.8. The number of ether oxygens (including phenoxy) is 1. The van der Waals surface area contributed by atoms with Crippen molar-refractivity contribution in [1.29, 1.82) is 0 Å². The van der Waals surface area contributed by atoms with E-state index < -0.39 is 114 Å². The number of aromatic amines is 1. The van der Waals surface area contributed by atoms with Gasteiger partial charge in [0.05, 0.1) is 18.3 Å². The van der Waals surface area contributed by atoms with Gasteiger partial charge in [-0.05, 0) is 55.0 Å². The lowest BCUT2D eigenvalue weighted by Gasteiger charge is -2.29. The Kier molecular flexibility index (Phi) is 20.3. The molecule has 23 nitrogen and oxygen atoms in total. The Bertz CT molecular complexity index is 2400. The molecule has 0 aliphatic carbocycles. The number of Topliss-reactive ketones (excluding diaryl/α,β-unsaturated/α-hetero) is 1. The smallest absolute Gasteiger partial charge is 0.290 e. The van der Waals surface area contributed by atoms with E-state index in [0.29, 0.717) is 40.0 Å². The number of nitrogens with two attached hydrogens (primary N) is 1. The Morgan fingerprint density at radius 3 is 2.38 bits per heavy atom. The molecule has 12 N–H and O–H groups in total. The molecule has 69 heavy (non-hydrogen) atoms. The van der Waals surface area contributed by atoms with Gasteiger partial charge in [0.1, 0.15) is 47.0 Å². The maximum Gasteiger partial charge on any atom is 0.290 e. The van der Waals surface area contributed by atoms with Crippen LogP contribution in [0.5, 0.6) is 5.75 Å². The number of phenols is 1. The average Bonchev–Trinajstić information content (AvgIpc) is 3.96. The molecule has 374 valence electrons. The fourth-order valence-electron chi connectivity index (χ4n) is 7.17. The maximum absolute atomic E-state index is 14.2. The van der Waals surface area contributed by atoms with E-state index in [9.17, 15) is 53.1 Å². The molecule has 0 fully saturated rings. The van der Waals surface area contributed by atoms with E-state index in [1.54, 1.807) is 45.3 Å². The summed E-state index contributed by atoms with van der Waals surface area (Å²) in [6.45, 7) is 7.32. The minimum atomic E-state index is -1.67. The number of ketones is 1. The van der Waals surface area contributed by atoms with Crippen molar-refractivity contribution in [3.8, 4) is 5.75 Å². The summed E-state index contributed by atoms with van der Waals surface area (Å²) in [5.74, 6) is -9.19. The normalized spacial score (nSPS) is 22.1. The van der Waals surface area contributed by atoms with Crippen LogP contribution < -0.4 is 48.3 Å². The van der Waals surface area contributed by atoms with Gasteiger partial charge in [0.15, 0.2) is 0 Å². The quantitative estimate of drug-likeness (QED) is 0.0572. The van der Waals surface area contributed by atoms with Crippen LogP contribution in [0.2, 0.25) is 0 Å². The molecule has 0 spiro atoms. The molecule has 4 rings (SSSR count). The molecular formula is C45H61N11O12S. The lowest BCUT2D eigenvalue weighted by molar-refractivity contribution is -0.142. The average molecular weight is 980 g/mol. The van der Waals surface area contributed by atoms with E-state index in [1.165, 1.54) is 32.2 Å². The van der Waals surface area contributed by atoms with Crippen molar-refractivity contribution in [3.63, 3.8) is 0 Å². The molecule has 2 bridgehead atoms. The molecule has 3 aromatic rings. The molecule has 1 aliphatic heterocycles. The number of carbonyl (C=O) groups is 10. The summed E-state index contributed by atoms with van der Waals surface area (Å²) in [5.41, 5.74) is 6.68. The topological polar surface area (TPSA) is 351 Å². The summed E-state index contributed by atoms with van der Waals surface area (Å²) in [5, 5.41) is 33.1. The molecule has 0 saturated heterocycles. The third-order valence-corrected chi connectivity index (χ3v) is 12.6. The monoisotopic (exact) mass is 979 g/mol. The first kappa shape index (κ1) is 54.4. The highest BCUT2D eigenvalue weighted by Gasteiger charge is 2.36. The van der Waals surface area contributed by atoms with Crippen molar-refractivity contribution in [2.45, 2.75) is 109 Å². The van der Waals surface area contributed by atoms with E-state index in [1.807, 2.05) is 0 Å². The van der Waals surface area contributed by atoms with Crippen molar-refractivity contribution in [2.24, 2.45) is 17.6 Å². The molecule has 9 amide bonds. The number of benzene rings is 1. The Balaban J connectivity index is 1.76. The summed E-state index contributed by atoms with van der Waals surface area (Å²) in [6, 6.07) is -4.75. The molecular weight excluding hydrogens is 919 g/mol. The number of thiazole rings is 1. The fraction of sp³-hybridized carbons (Fsp3) is 0.489. The zero-order chi connectivity index (χ0) is 50.9. The number of nitrogens with one attached hydrogen (secondary N) is 9. The molecule has 9 atom stereocenters. The van der Waals surface area contributed by atoms with E-state index in [-0.39, 0.29) is 38.0 Å². The van der Waals surface area contributed by atoms with Crippen molar-refractivity contribution in [1.82, 2.24) is 52.5 Å². The second-order valence-corrected chi connectivity index (χ2v) is 17.6. The van der Waals surface area contributed by atoms with Gasteiger partial charge in [-0.1, -0.05) is 40.5 Å². The molecule has 0 radical (unpaired) electrons. The molecule has 3 heterocycles. The van der Waals surface area contributed by atoms with Gasteiger partial charge in [0.2, 0.25) is 53.5 Å². The van der Waals surface area contributed by atoms with E-state index >= 15 is 0 Å². The Labute approximate surface area is 401 Å². The molecule has 1 aliphatic rings. The summed E-state index contributed by atoms with van der Waals surface area (Å²) in [6.07, 6.45) is 4.42. The summed E-state index contributed by atoms with van der Waals surface area (Å²) < 4.78 is 5.30. The maximum atomic E-state index is 14.2. The molecule has 0 saturated carbocycles. The van der Waals surface area contributed by atoms with Gasteiger partial charge in [0.25, 0.3) is 5.91 Å². The first-order valence-corrected chi connectivity index (χ1v) is 23.2. The van der Waals surface area contributed by atoms with Crippen LogP contribution in [0.15, 0.2) is 35.9 Å².